The van der Waals surface area contributed by atoms with Gasteiger partial charge in [-0.05, 0) is 65.2 Å². The Morgan fingerprint density at radius 2 is 1.40 bits per heavy atom. The minimum Gasteiger partial charge on any atom is -0.484 e. The summed E-state index contributed by atoms with van der Waals surface area (Å²) in [6.07, 6.45) is 0.498. The smallest absolute Gasteiger partial charge is 0.326 e. The number of hydrogen-bond acceptors (Lipinski definition) is 7. The van der Waals surface area contributed by atoms with Crippen molar-refractivity contribution in [3.05, 3.63) is 124 Å². The van der Waals surface area contributed by atoms with Crippen LogP contribution in [-0.4, -0.2) is 65.5 Å². The zero-order valence-electron chi connectivity index (χ0n) is 27.0. The Labute approximate surface area is 292 Å². The Kier molecular flexibility index (Phi) is 12.3. The van der Waals surface area contributed by atoms with Gasteiger partial charge >= 0.3 is 5.97 Å². The highest BCUT2D eigenvalue weighted by Gasteiger charge is 2.32. The number of ether oxygens (including phenoxy) is 1. The molecule has 3 aromatic carbocycles. The van der Waals surface area contributed by atoms with Gasteiger partial charge in [0.05, 0.1) is 0 Å². The molecular weight excluding hydrogens is 663 g/mol. The van der Waals surface area contributed by atoms with Crippen molar-refractivity contribution in [2.75, 3.05) is 6.61 Å². The number of rotatable bonds is 8. The van der Waals surface area contributed by atoms with E-state index < -0.39 is 66.2 Å². The first kappa shape index (κ1) is 35.7. The fraction of sp³-hybridized carbons (Fsp3) is 0.270. The van der Waals surface area contributed by atoms with E-state index in [1.165, 1.54) is 35.6 Å². The number of aliphatic carboxylic acids is 1. The molecule has 5 N–H and O–H groups in total. The van der Waals surface area contributed by atoms with E-state index in [-0.39, 0.29) is 25.7 Å². The third kappa shape index (κ3) is 10.5. The van der Waals surface area contributed by atoms with E-state index in [1.54, 1.807) is 24.3 Å². The molecule has 2 bridgehead atoms. The number of fused-ring (bicyclic) bond motifs is 16. The van der Waals surface area contributed by atoms with Crippen LogP contribution in [0.4, 0.5) is 4.39 Å². The fourth-order valence-corrected chi connectivity index (χ4v) is 6.24. The molecule has 2 aliphatic heterocycles. The van der Waals surface area contributed by atoms with Crippen LogP contribution in [0.25, 0.3) is 0 Å². The molecule has 0 radical (unpaired) electrons. The van der Waals surface area contributed by atoms with Gasteiger partial charge in [-0.25, -0.2) is 9.18 Å². The zero-order chi connectivity index (χ0) is 35.5. The Morgan fingerprint density at radius 1 is 0.740 bits per heavy atom. The topological polar surface area (TPSA) is 163 Å². The molecule has 4 atom stereocenters. The second-order valence-electron chi connectivity index (χ2n) is 11.9. The molecule has 0 aliphatic carbocycles. The summed E-state index contributed by atoms with van der Waals surface area (Å²) >= 11 is 1.40. The zero-order valence-corrected chi connectivity index (χ0v) is 27.8. The molecule has 3 heterocycles. The van der Waals surface area contributed by atoms with Crippen LogP contribution in [0.2, 0.25) is 0 Å². The lowest BCUT2D eigenvalue weighted by Crippen LogP contribution is -2.59. The van der Waals surface area contributed by atoms with Gasteiger partial charge in [-0.1, -0.05) is 60.7 Å². The predicted molar refractivity (Wildman–Crippen MR) is 184 cm³/mol. The highest BCUT2D eigenvalue weighted by atomic mass is 32.1. The lowest BCUT2D eigenvalue weighted by atomic mass is 10.0. The van der Waals surface area contributed by atoms with Crippen LogP contribution < -0.4 is 26.0 Å². The molecule has 6 rings (SSSR count). The summed E-state index contributed by atoms with van der Waals surface area (Å²) in [5, 5.41) is 22.6. The highest BCUT2D eigenvalue weighted by Crippen LogP contribution is 2.16. The number of nitrogens with one attached hydrogen (secondary N) is 4. The quantitative estimate of drug-likeness (QED) is 0.177. The number of aryl methyl sites for hydroxylation is 1. The maximum Gasteiger partial charge on any atom is 0.326 e. The average molecular weight is 701 g/mol. The van der Waals surface area contributed by atoms with Gasteiger partial charge in [0.2, 0.25) is 17.7 Å². The first-order valence-corrected chi connectivity index (χ1v) is 17.0. The predicted octanol–water partition coefficient (Wildman–Crippen LogP) is 2.96. The molecule has 0 spiro atoms. The summed E-state index contributed by atoms with van der Waals surface area (Å²) in [6, 6.07) is 19.9. The molecule has 13 heteroatoms. The molecule has 0 unspecified atom stereocenters. The Bertz CT molecular complexity index is 1770. The number of benzene rings is 3. The molecule has 11 nitrogen and oxygen atoms in total. The summed E-state index contributed by atoms with van der Waals surface area (Å²) in [4.78, 5) is 67.7. The van der Waals surface area contributed by atoms with Crippen molar-refractivity contribution in [2.24, 2.45) is 0 Å². The monoisotopic (exact) mass is 700 g/mol. The van der Waals surface area contributed by atoms with Crippen LogP contribution in [0.15, 0.2) is 96.4 Å². The third-order valence-corrected chi connectivity index (χ3v) is 9.07. The van der Waals surface area contributed by atoms with Crippen molar-refractivity contribution in [2.45, 2.75) is 56.3 Å². The SMILES string of the molecule is O=C1COc2ccc(cc2)C[C@@H](C(=O)O)NC(=O)[C@@H](CCc2ccccc2)NC(=O)[C@H](Cc2ccc(F)cc2)NC(=O)[C@@H](Cc2cccs2)N1. The number of carboxylic acids is 1. The van der Waals surface area contributed by atoms with E-state index >= 15 is 0 Å². The molecule has 4 amide bonds. The van der Waals surface area contributed by atoms with Crippen molar-refractivity contribution in [1.29, 1.82) is 0 Å². The molecule has 260 valence electrons. The van der Waals surface area contributed by atoms with E-state index in [9.17, 15) is 33.5 Å². The summed E-state index contributed by atoms with van der Waals surface area (Å²) in [5.41, 5.74) is 2.01. The fourth-order valence-electron chi connectivity index (χ4n) is 5.49. The average Bonchev–Trinajstić information content (AvgIpc) is 3.63. The van der Waals surface area contributed by atoms with Gasteiger partial charge < -0.3 is 31.1 Å². The number of carboxylic acid groups (broad SMARTS) is 1. The third-order valence-electron chi connectivity index (χ3n) is 8.17. The maximum absolute atomic E-state index is 14.0. The second-order valence-corrected chi connectivity index (χ2v) is 12.9. The second kappa shape index (κ2) is 17.2. The summed E-state index contributed by atoms with van der Waals surface area (Å²) < 4.78 is 19.4. The minimum atomic E-state index is -1.33. The lowest BCUT2D eigenvalue weighted by Gasteiger charge is -2.26. The van der Waals surface area contributed by atoms with Gasteiger partial charge in [0.25, 0.3) is 5.91 Å². The first-order valence-electron chi connectivity index (χ1n) is 16.1. The van der Waals surface area contributed by atoms with Crippen LogP contribution in [-0.2, 0) is 49.7 Å². The Morgan fingerprint density at radius 3 is 2.06 bits per heavy atom. The van der Waals surface area contributed by atoms with Gasteiger partial charge in [-0.2, -0.15) is 0 Å². The molecule has 2 aliphatic rings. The van der Waals surface area contributed by atoms with E-state index in [4.69, 9.17) is 4.74 Å². The highest BCUT2D eigenvalue weighted by molar-refractivity contribution is 7.09. The van der Waals surface area contributed by atoms with Crippen molar-refractivity contribution >= 4 is 40.9 Å². The number of amides is 4. The molecule has 0 fully saturated rings. The van der Waals surface area contributed by atoms with Crippen molar-refractivity contribution in [3.8, 4) is 5.75 Å². The largest absolute Gasteiger partial charge is 0.484 e. The number of carbonyl (C=O) groups is 5. The van der Waals surface area contributed by atoms with E-state index in [0.717, 1.165) is 10.4 Å². The summed E-state index contributed by atoms with van der Waals surface area (Å²) in [7, 11) is 0. The summed E-state index contributed by atoms with van der Waals surface area (Å²) in [5.74, 6) is -4.09. The standard InChI is InChI=1S/C37H37FN4O7S/c38-26-13-8-24(9-14-26)19-30-35(45)40-29(17-12-23-5-2-1-3-6-23)34(44)42-32(37(47)48)20-25-10-15-27(16-11-25)49-22-33(43)39-31(36(46)41-30)21-28-7-4-18-50-28/h1-11,13-16,18,29-32H,12,17,19-22H2,(H,39,43)(H,40,45)(H,41,46)(H,42,44)(H,47,48)/t29-,30+,31-,32+/m1/s1. The number of hydrogen-bond donors (Lipinski definition) is 5. The van der Waals surface area contributed by atoms with Crippen molar-refractivity contribution in [1.82, 2.24) is 21.3 Å². The van der Waals surface area contributed by atoms with Crippen LogP contribution in [0.3, 0.4) is 0 Å². The molecular formula is C37H37FN4O7S. The number of halogens is 1. The van der Waals surface area contributed by atoms with Crippen molar-refractivity contribution in [3.63, 3.8) is 0 Å². The van der Waals surface area contributed by atoms with E-state index in [1.807, 2.05) is 47.8 Å². The van der Waals surface area contributed by atoms with Crippen LogP contribution >= 0.6 is 11.3 Å². The van der Waals surface area contributed by atoms with Gasteiger partial charge in [-0.3, -0.25) is 19.2 Å². The van der Waals surface area contributed by atoms with Gasteiger partial charge in [0, 0.05) is 24.1 Å². The molecule has 0 saturated heterocycles. The van der Waals surface area contributed by atoms with Gasteiger partial charge in [0.1, 0.15) is 35.7 Å². The van der Waals surface area contributed by atoms with Crippen molar-refractivity contribution < 1.29 is 38.2 Å². The molecule has 1 aromatic heterocycles. The summed E-state index contributed by atoms with van der Waals surface area (Å²) in [6.45, 7) is -0.413. The number of carbonyl (C=O) groups excluding carboxylic acids is 4. The Balaban J connectivity index is 1.48. The van der Waals surface area contributed by atoms with E-state index in [0.29, 0.717) is 23.3 Å². The van der Waals surface area contributed by atoms with Gasteiger partial charge in [-0.15, -0.1) is 11.3 Å². The van der Waals surface area contributed by atoms with Crippen LogP contribution in [0.1, 0.15) is 28.0 Å². The number of thiophene rings is 1. The first-order chi connectivity index (χ1) is 24.1. The lowest BCUT2D eigenvalue weighted by molar-refractivity contribution is -0.142. The van der Waals surface area contributed by atoms with E-state index in [2.05, 4.69) is 21.3 Å². The normalized spacial score (nSPS) is 20.6. The molecule has 4 aromatic rings. The van der Waals surface area contributed by atoms with Crippen LogP contribution in [0, 0.1) is 5.82 Å². The maximum atomic E-state index is 14.0. The molecule has 0 saturated carbocycles. The Hall–Kier alpha value is -5.56. The minimum absolute atomic E-state index is 0.0607. The molecule has 50 heavy (non-hydrogen) atoms. The van der Waals surface area contributed by atoms with Crippen LogP contribution in [0.5, 0.6) is 5.75 Å². The van der Waals surface area contributed by atoms with Gasteiger partial charge in [0.15, 0.2) is 6.61 Å².